The predicted molar refractivity (Wildman–Crippen MR) is 50.3 cm³/mol. The molecule has 0 saturated heterocycles. The third-order valence-corrected chi connectivity index (χ3v) is 1.73. The highest BCUT2D eigenvalue weighted by atomic mass is 15.2. The van der Waals surface area contributed by atoms with E-state index in [2.05, 4.69) is 16.3 Å². The van der Waals surface area contributed by atoms with E-state index >= 15 is 0 Å². The summed E-state index contributed by atoms with van der Waals surface area (Å²) in [5.41, 5.74) is 0.900. The zero-order chi connectivity index (χ0) is 9.68. The van der Waals surface area contributed by atoms with Crippen LogP contribution >= 0.6 is 0 Å². The van der Waals surface area contributed by atoms with E-state index in [9.17, 15) is 0 Å². The molecule has 13 heavy (non-hydrogen) atoms. The van der Waals surface area contributed by atoms with Crippen LogP contribution in [0.4, 0.5) is 5.82 Å². The summed E-state index contributed by atoms with van der Waals surface area (Å²) in [6.07, 6.45) is 0.506. The summed E-state index contributed by atoms with van der Waals surface area (Å²) in [6.45, 7) is 2.58. The van der Waals surface area contributed by atoms with Crippen LogP contribution in [0.25, 0.3) is 0 Å². The Morgan fingerprint density at radius 1 is 1.46 bits per heavy atom. The molecule has 0 atom stereocenters. The van der Waals surface area contributed by atoms with Crippen molar-refractivity contribution in [2.45, 2.75) is 13.3 Å². The molecule has 4 heteroatoms. The van der Waals surface area contributed by atoms with Gasteiger partial charge in [0.2, 0.25) is 0 Å². The quantitative estimate of drug-likeness (QED) is 0.692. The van der Waals surface area contributed by atoms with Gasteiger partial charge in [-0.15, -0.1) is 5.10 Å². The molecule has 0 aliphatic heterocycles. The monoisotopic (exact) mass is 176 g/mol. The minimum atomic E-state index is 0.506. The number of nitrogens with zero attached hydrogens (tertiary/aromatic N) is 4. The highest BCUT2D eigenvalue weighted by Gasteiger charge is 2.00. The molecule has 0 spiro atoms. The van der Waals surface area contributed by atoms with Crippen LogP contribution < -0.4 is 4.90 Å². The van der Waals surface area contributed by atoms with Gasteiger partial charge in [-0.2, -0.15) is 10.4 Å². The van der Waals surface area contributed by atoms with Crippen LogP contribution in [0.5, 0.6) is 0 Å². The van der Waals surface area contributed by atoms with Crippen molar-refractivity contribution in [2.24, 2.45) is 0 Å². The molecule has 4 nitrogen and oxygen atoms in total. The fraction of sp³-hybridized carbons (Fsp3) is 0.444. The molecule has 0 unspecified atom stereocenters. The Bertz CT molecular complexity index is 298. The zero-order valence-corrected chi connectivity index (χ0v) is 7.86. The second-order valence-electron chi connectivity index (χ2n) is 2.86. The minimum Gasteiger partial charge on any atom is -0.357 e. The third-order valence-electron chi connectivity index (χ3n) is 1.73. The van der Waals surface area contributed by atoms with Gasteiger partial charge in [-0.3, -0.25) is 0 Å². The van der Waals surface area contributed by atoms with Crippen molar-refractivity contribution >= 4 is 5.82 Å². The molecule has 1 aromatic heterocycles. The summed E-state index contributed by atoms with van der Waals surface area (Å²) in [5.74, 6) is 0.806. The molecule has 0 aliphatic rings. The Morgan fingerprint density at radius 2 is 2.23 bits per heavy atom. The molecule has 68 valence electrons. The molecular weight excluding hydrogens is 164 g/mol. The number of anilines is 1. The van der Waals surface area contributed by atoms with Crippen LogP contribution in [0.3, 0.4) is 0 Å². The van der Waals surface area contributed by atoms with E-state index in [1.54, 1.807) is 0 Å². The van der Waals surface area contributed by atoms with Crippen molar-refractivity contribution in [3.05, 3.63) is 17.8 Å². The summed E-state index contributed by atoms with van der Waals surface area (Å²) in [6, 6.07) is 5.90. The molecule has 1 rings (SSSR count). The summed E-state index contributed by atoms with van der Waals surface area (Å²) >= 11 is 0. The first kappa shape index (κ1) is 9.46. The van der Waals surface area contributed by atoms with Crippen LogP contribution in [0.1, 0.15) is 12.1 Å². The maximum atomic E-state index is 8.39. The fourth-order valence-corrected chi connectivity index (χ4v) is 0.928. The van der Waals surface area contributed by atoms with Crippen molar-refractivity contribution in [1.82, 2.24) is 10.2 Å². The second-order valence-corrected chi connectivity index (χ2v) is 2.86. The lowest BCUT2D eigenvalue weighted by molar-refractivity contribution is 0.851. The molecule has 0 radical (unpaired) electrons. The number of hydrogen-bond donors (Lipinski definition) is 0. The standard InChI is InChI=1S/C9H12N4/c1-8-4-5-9(12-11-8)13(2)7-3-6-10/h4-5H,3,7H2,1-2H3. The van der Waals surface area contributed by atoms with Gasteiger partial charge in [-0.25, -0.2) is 0 Å². The van der Waals surface area contributed by atoms with Gasteiger partial charge in [-0.05, 0) is 19.1 Å². The summed E-state index contributed by atoms with van der Waals surface area (Å²) in [5, 5.41) is 16.3. The molecule has 0 fully saturated rings. The van der Waals surface area contributed by atoms with E-state index in [4.69, 9.17) is 5.26 Å². The number of nitriles is 1. The molecule has 0 saturated carbocycles. The maximum absolute atomic E-state index is 8.39. The number of aryl methyl sites for hydroxylation is 1. The Kier molecular flexibility index (Phi) is 3.21. The Hall–Kier alpha value is -1.63. The van der Waals surface area contributed by atoms with Crippen molar-refractivity contribution in [3.8, 4) is 6.07 Å². The highest BCUT2D eigenvalue weighted by molar-refractivity contribution is 5.35. The normalized spacial score (nSPS) is 9.31. The van der Waals surface area contributed by atoms with E-state index in [-0.39, 0.29) is 0 Å². The average Bonchev–Trinajstić information content (AvgIpc) is 2.15. The molecule has 0 amide bonds. The summed E-state index contributed by atoms with van der Waals surface area (Å²) in [4.78, 5) is 1.91. The molecule has 0 bridgehead atoms. The van der Waals surface area contributed by atoms with Crippen LogP contribution in [0.15, 0.2) is 12.1 Å². The van der Waals surface area contributed by atoms with Crippen molar-refractivity contribution in [1.29, 1.82) is 5.26 Å². The van der Waals surface area contributed by atoms with E-state index in [0.29, 0.717) is 13.0 Å². The molecule has 0 N–H and O–H groups in total. The van der Waals surface area contributed by atoms with E-state index in [1.165, 1.54) is 0 Å². The van der Waals surface area contributed by atoms with Crippen molar-refractivity contribution in [3.63, 3.8) is 0 Å². The van der Waals surface area contributed by atoms with Gasteiger partial charge in [0.05, 0.1) is 18.2 Å². The van der Waals surface area contributed by atoms with Crippen LogP contribution in [-0.4, -0.2) is 23.8 Å². The van der Waals surface area contributed by atoms with Gasteiger partial charge in [0.25, 0.3) is 0 Å². The van der Waals surface area contributed by atoms with Crippen LogP contribution in [0, 0.1) is 18.3 Å². The lowest BCUT2D eigenvalue weighted by Crippen LogP contribution is -2.19. The number of hydrogen-bond acceptors (Lipinski definition) is 4. The molecule has 0 aliphatic carbocycles. The van der Waals surface area contributed by atoms with Gasteiger partial charge in [0.1, 0.15) is 0 Å². The molecule has 0 aromatic carbocycles. The molecule has 1 aromatic rings. The summed E-state index contributed by atoms with van der Waals surface area (Å²) in [7, 11) is 1.90. The number of aromatic nitrogens is 2. The first-order chi connectivity index (χ1) is 6.24. The Morgan fingerprint density at radius 3 is 2.77 bits per heavy atom. The maximum Gasteiger partial charge on any atom is 0.151 e. The first-order valence-electron chi connectivity index (χ1n) is 4.12. The van der Waals surface area contributed by atoms with Gasteiger partial charge in [0, 0.05) is 13.6 Å². The largest absolute Gasteiger partial charge is 0.357 e. The topological polar surface area (TPSA) is 52.8 Å². The second kappa shape index (κ2) is 4.41. The third kappa shape index (κ3) is 2.71. The van der Waals surface area contributed by atoms with Gasteiger partial charge < -0.3 is 4.90 Å². The highest BCUT2D eigenvalue weighted by Crippen LogP contribution is 2.06. The number of rotatable bonds is 3. The van der Waals surface area contributed by atoms with E-state index in [1.807, 2.05) is 31.0 Å². The van der Waals surface area contributed by atoms with Crippen molar-refractivity contribution in [2.75, 3.05) is 18.5 Å². The lowest BCUT2D eigenvalue weighted by Gasteiger charge is -2.14. The average molecular weight is 176 g/mol. The minimum absolute atomic E-state index is 0.506. The molecule has 1 heterocycles. The zero-order valence-electron chi connectivity index (χ0n) is 7.86. The Labute approximate surface area is 77.8 Å². The summed E-state index contributed by atoms with van der Waals surface area (Å²) < 4.78 is 0. The molecular formula is C9H12N4. The lowest BCUT2D eigenvalue weighted by atomic mass is 10.4. The van der Waals surface area contributed by atoms with E-state index < -0.39 is 0 Å². The van der Waals surface area contributed by atoms with Gasteiger partial charge in [-0.1, -0.05) is 0 Å². The fourth-order valence-electron chi connectivity index (χ4n) is 0.928. The van der Waals surface area contributed by atoms with Gasteiger partial charge in [0.15, 0.2) is 5.82 Å². The van der Waals surface area contributed by atoms with Gasteiger partial charge >= 0.3 is 0 Å². The Balaban J connectivity index is 2.62. The van der Waals surface area contributed by atoms with Crippen LogP contribution in [0.2, 0.25) is 0 Å². The predicted octanol–water partition coefficient (Wildman–Crippen LogP) is 1.13. The van der Waals surface area contributed by atoms with Crippen molar-refractivity contribution < 1.29 is 0 Å². The SMILES string of the molecule is Cc1ccc(N(C)CCC#N)nn1. The first-order valence-corrected chi connectivity index (χ1v) is 4.12. The smallest absolute Gasteiger partial charge is 0.151 e. The van der Waals surface area contributed by atoms with Crippen LogP contribution in [-0.2, 0) is 0 Å². The van der Waals surface area contributed by atoms with E-state index in [0.717, 1.165) is 11.5 Å².